The molecule has 1 fully saturated rings. The maximum absolute atomic E-state index is 11.8. The lowest BCUT2D eigenvalue weighted by Gasteiger charge is -2.14. The van der Waals surface area contributed by atoms with Crippen LogP contribution in [0, 0.1) is 0 Å². The van der Waals surface area contributed by atoms with E-state index >= 15 is 0 Å². The zero-order valence-corrected chi connectivity index (χ0v) is 11.0. The van der Waals surface area contributed by atoms with E-state index in [0.717, 1.165) is 31.6 Å². The van der Waals surface area contributed by atoms with Gasteiger partial charge in [-0.05, 0) is 25.0 Å². The number of guanidine groups is 1. The molecule has 0 bridgehead atoms. The lowest BCUT2D eigenvalue weighted by molar-refractivity contribution is -0.129. The highest BCUT2D eigenvalue weighted by molar-refractivity contribution is 5.92. The molecule has 0 aliphatic carbocycles. The van der Waals surface area contributed by atoms with Crippen LogP contribution in [0.4, 0.5) is 5.69 Å². The van der Waals surface area contributed by atoms with Crippen molar-refractivity contribution in [3.05, 3.63) is 30.3 Å². The summed E-state index contributed by atoms with van der Waals surface area (Å²) in [6.07, 6.45) is 2.66. The third-order valence-electron chi connectivity index (χ3n) is 3.11. The number of amides is 1. The summed E-state index contributed by atoms with van der Waals surface area (Å²) >= 11 is 0. The van der Waals surface area contributed by atoms with Crippen LogP contribution in [-0.2, 0) is 4.79 Å². The van der Waals surface area contributed by atoms with Gasteiger partial charge in [-0.15, -0.1) is 0 Å². The van der Waals surface area contributed by atoms with E-state index in [0.29, 0.717) is 18.9 Å². The van der Waals surface area contributed by atoms with Crippen molar-refractivity contribution in [2.24, 2.45) is 10.7 Å². The van der Waals surface area contributed by atoms with Gasteiger partial charge in [0.15, 0.2) is 5.96 Å². The van der Waals surface area contributed by atoms with Gasteiger partial charge in [-0.25, -0.2) is 0 Å². The molecule has 1 aromatic rings. The van der Waals surface area contributed by atoms with E-state index in [9.17, 15) is 4.79 Å². The molecule has 0 atom stereocenters. The van der Waals surface area contributed by atoms with Gasteiger partial charge in [-0.1, -0.05) is 18.2 Å². The van der Waals surface area contributed by atoms with E-state index in [2.05, 4.69) is 10.3 Å². The highest BCUT2D eigenvalue weighted by Crippen LogP contribution is 2.09. The average molecular weight is 260 g/mol. The molecule has 1 saturated heterocycles. The first-order valence-electron chi connectivity index (χ1n) is 6.65. The van der Waals surface area contributed by atoms with Crippen molar-refractivity contribution in [1.82, 2.24) is 4.90 Å². The van der Waals surface area contributed by atoms with E-state index in [1.807, 2.05) is 35.2 Å². The lowest BCUT2D eigenvalue weighted by atomic mass is 10.3. The Morgan fingerprint density at radius 2 is 1.95 bits per heavy atom. The van der Waals surface area contributed by atoms with Crippen LogP contribution in [0.25, 0.3) is 0 Å². The number of anilines is 1. The summed E-state index contributed by atoms with van der Waals surface area (Å²) in [5.74, 6) is 0.522. The van der Waals surface area contributed by atoms with Crippen molar-refractivity contribution in [1.29, 1.82) is 0 Å². The fraction of sp³-hybridized carbons (Fsp3) is 0.429. The summed E-state index contributed by atoms with van der Waals surface area (Å²) in [7, 11) is 0. The number of carbonyl (C=O) groups excluding carboxylic acids is 1. The Bertz CT molecular complexity index is 438. The van der Waals surface area contributed by atoms with Gasteiger partial charge in [0.25, 0.3) is 0 Å². The number of hydrogen-bond donors (Lipinski definition) is 2. The fourth-order valence-corrected chi connectivity index (χ4v) is 2.11. The number of hydrogen-bond acceptors (Lipinski definition) is 2. The van der Waals surface area contributed by atoms with Crippen molar-refractivity contribution >= 4 is 17.6 Å². The second-order valence-corrected chi connectivity index (χ2v) is 4.60. The molecule has 1 aromatic carbocycles. The number of carbonyl (C=O) groups is 1. The molecule has 3 N–H and O–H groups in total. The smallest absolute Gasteiger partial charge is 0.224 e. The fourth-order valence-electron chi connectivity index (χ4n) is 2.11. The van der Waals surface area contributed by atoms with Crippen LogP contribution in [0.3, 0.4) is 0 Å². The first-order chi connectivity index (χ1) is 9.25. The molecule has 0 unspecified atom stereocenters. The molecule has 102 valence electrons. The van der Waals surface area contributed by atoms with Gasteiger partial charge in [0.2, 0.25) is 5.91 Å². The predicted octanol–water partition coefficient (Wildman–Crippen LogP) is 1.43. The van der Waals surface area contributed by atoms with Gasteiger partial charge in [-0.3, -0.25) is 9.79 Å². The predicted molar refractivity (Wildman–Crippen MR) is 77.0 cm³/mol. The molecule has 0 radical (unpaired) electrons. The van der Waals surface area contributed by atoms with Crippen molar-refractivity contribution in [3.8, 4) is 0 Å². The van der Waals surface area contributed by atoms with E-state index in [1.54, 1.807) is 0 Å². The highest BCUT2D eigenvalue weighted by Gasteiger charge is 2.16. The summed E-state index contributed by atoms with van der Waals surface area (Å²) in [6, 6.07) is 9.61. The Morgan fingerprint density at radius 3 is 2.63 bits per heavy atom. The number of rotatable bonds is 4. The van der Waals surface area contributed by atoms with E-state index < -0.39 is 0 Å². The average Bonchev–Trinajstić information content (AvgIpc) is 2.93. The molecule has 1 amide bonds. The van der Waals surface area contributed by atoms with E-state index in [4.69, 9.17) is 5.73 Å². The van der Waals surface area contributed by atoms with E-state index in [-0.39, 0.29) is 5.91 Å². The molecule has 19 heavy (non-hydrogen) atoms. The SMILES string of the molecule is NC(=NCCC(=O)N1CCCC1)Nc1ccccc1. The minimum Gasteiger partial charge on any atom is -0.370 e. The van der Waals surface area contributed by atoms with E-state index in [1.165, 1.54) is 0 Å². The Balaban J connectivity index is 1.74. The lowest BCUT2D eigenvalue weighted by Crippen LogP contribution is -2.28. The number of nitrogens with zero attached hydrogens (tertiary/aromatic N) is 2. The van der Waals surface area contributed by atoms with Crippen molar-refractivity contribution in [2.45, 2.75) is 19.3 Å². The molecule has 5 heteroatoms. The van der Waals surface area contributed by atoms with Crippen LogP contribution in [0.1, 0.15) is 19.3 Å². The van der Waals surface area contributed by atoms with Gasteiger partial charge >= 0.3 is 0 Å². The largest absolute Gasteiger partial charge is 0.370 e. The molecular formula is C14H20N4O. The van der Waals surface area contributed by atoms with Crippen LogP contribution in [0.15, 0.2) is 35.3 Å². The van der Waals surface area contributed by atoms with Crippen LogP contribution in [0.2, 0.25) is 0 Å². The minimum atomic E-state index is 0.175. The van der Waals surface area contributed by atoms with Crippen LogP contribution in [0.5, 0.6) is 0 Å². The van der Waals surface area contributed by atoms with Crippen LogP contribution >= 0.6 is 0 Å². The number of aliphatic imine (C=N–C) groups is 1. The molecule has 1 aliphatic rings. The second kappa shape index (κ2) is 6.78. The van der Waals surface area contributed by atoms with Crippen molar-refractivity contribution < 1.29 is 4.79 Å². The monoisotopic (exact) mass is 260 g/mol. The molecule has 5 nitrogen and oxygen atoms in total. The van der Waals surface area contributed by atoms with Gasteiger partial charge in [-0.2, -0.15) is 0 Å². The van der Waals surface area contributed by atoms with Crippen LogP contribution in [-0.4, -0.2) is 36.4 Å². The molecule has 1 heterocycles. The van der Waals surface area contributed by atoms with Crippen molar-refractivity contribution in [3.63, 3.8) is 0 Å². The zero-order chi connectivity index (χ0) is 13.5. The standard InChI is InChI=1S/C14H20N4O/c15-14(17-12-6-2-1-3-7-12)16-9-8-13(19)18-10-4-5-11-18/h1-3,6-7H,4-5,8-11H2,(H3,15,16,17). The minimum absolute atomic E-state index is 0.175. The maximum Gasteiger partial charge on any atom is 0.224 e. The highest BCUT2D eigenvalue weighted by atomic mass is 16.2. The maximum atomic E-state index is 11.8. The number of para-hydroxylation sites is 1. The Hall–Kier alpha value is -2.04. The number of likely N-dealkylation sites (tertiary alicyclic amines) is 1. The molecule has 2 rings (SSSR count). The first kappa shape index (κ1) is 13.4. The number of nitrogens with two attached hydrogens (primary N) is 1. The third kappa shape index (κ3) is 4.28. The summed E-state index contributed by atoms with van der Waals surface area (Å²) in [5.41, 5.74) is 6.66. The van der Waals surface area contributed by atoms with Gasteiger partial charge in [0.1, 0.15) is 0 Å². The zero-order valence-electron chi connectivity index (χ0n) is 11.0. The van der Waals surface area contributed by atoms with Crippen molar-refractivity contribution in [2.75, 3.05) is 25.0 Å². The third-order valence-corrected chi connectivity index (χ3v) is 3.11. The normalized spacial score (nSPS) is 15.6. The molecule has 0 aromatic heterocycles. The quantitative estimate of drug-likeness (QED) is 0.635. The van der Waals surface area contributed by atoms with Gasteiger partial charge in [0.05, 0.1) is 6.54 Å². The summed E-state index contributed by atoms with van der Waals surface area (Å²) in [6.45, 7) is 2.21. The van der Waals surface area contributed by atoms with Crippen LogP contribution < -0.4 is 11.1 Å². The molecular weight excluding hydrogens is 240 g/mol. The summed E-state index contributed by atoms with van der Waals surface area (Å²) < 4.78 is 0. The Kier molecular flexibility index (Phi) is 4.78. The molecule has 1 aliphatic heterocycles. The molecule has 0 saturated carbocycles. The molecule has 0 spiro atoms. The first-order valence-corrected chi connectivity index (χ1v) is 6.65. The van der Waals surface area contributed by atoms with Gasteiger partial charge in [0, 0.05) is 25.2 Å². The number of nitrogens with one attached hydrogen (secondary N) is 1. The topological polar surface area (TPSA) is 70.7 Å². The summed E-state index contributed by atoms with van der Waals surface area (Å²) in [5, 5.41) is 2.99. The van der Waals surface area contributed by atoms with Gasteiger partial charge < -0.3 is 16.0 Å². The number of benzene rings is 1. The second-order valence-electron chi connectivity index (χ2n) is 4.60. The Labute approximate surface area is 113 Å². The summed E-state index contributed by atoms with van der Waals surface area (Å²) in [4.78, 5) is 17.8. The Morgan fingerprint density at radius 1 is 1.26 bits per heavy atom.